The average molecular weight is 316 g/mol. The number of aromatic nitrogens is 2. The topological polar surface area (TPSA) is 54.5 Å². The Hall–Kier alpha value is -2.08. The van der Waals surface area contributed by atoms with Crippen molar-refractivity contribution < 1.29 is 9.32 Å². The number of fused-ring (bicyclic) bond motifs is 1. The van der Waals surface area contributed by atoms with Crippen molar-refractivity contribution in [3.05, 3.63) is 41.5 Å². The van der Waals surface area contributed by atoms with Crippen LogP contribution in [-0.4, -0.2) is 46.1 Å². The molecular weight excluding hydrogens is 292 g/mol. The van der Waals surface area contributed by atoms with E-state index in [0.717, 1.165) is 37.6 Å². The molecule has 0 spiro atoms. The van der Waals surface area contributed by atoms with Gasteiger partial charge in [0.1, 0.15) is 5.76 Å². The smallest absolute Gasteiger partial charge is 0.222 e. The van der Waals surface area contributed by atoms with Crippen LogP contribution in [0.1, 0.15) is 23.6 Å². The maximum Gasteiger partial charge on any atom is 0.222 e. The molecule has 0 aliphatic carbocycles. The summed E-state index contributed by atoms with van der Waals surface area (Å²) in [5, 5.41) is 4.10. The zero-order valence-electron chi connectivity index (χ0n) is 14.0. The molecule has 0 saturated heterocycles. The highest BCUT2D eigenvalue weighted by atomic mass is 16.5. The molecule has 0 aromatic carbocycles. The van der Waals surface area contributed by atoms with Crippen molar-refractivity contribution in [1.29, 1.82) is 0 Å². The third kappa shape index (κ3) is 3.82. The van der Waals surface area contributed by atoms with Crippen LogP contribution >= 0.6 is 0 Å². The predicted octanol–water partition coefficient (Wildman–Crippen LogP) is 1.89. The molecule has 3 rings (SSSR count). The first-order valence-corrected chi connectivity index (χ1v) is 8.00. The lowest BCUT2D eigenvalue weighted by Crippen LogP contribution is -2.32. The predicted molar refractivity (Wildman–Crippen MR) is 86.6 cm³/mol. The minimum Gasteiger partial charge on any atom is -0.361 e. The van der Waals surface area contributed by atoms with E-state index in [1.807, 2.05) is 27.1 Å². The number of carbonyl (C=O) groups excluding carboxylic acids is 1. The SMILES string of the molecule is Cc1cc(CN2Cc3cccn3C[C@@H](CC(=O)N(C)C)C2)no1. The average Bonchev–Trinajstić information content (AvgIpc) is 3.04. The number of hydrogen-bond acceptors (Lipinski definition) is 4. The lowest BCUT2D eigenvalue weighted by molar-refractivity contribution is -0.129. The van der Waals surface area contributed by atoms with Crippen molar-refractivity contribution in [2.24, 2.45) is 5.92 Å². The molecule has 1 aliphatic heterocycles. The van der Waals surface area contributed by atoms with E-state index in [0.29, 0.717) is 12.3 Å². The van der Waals surface area contributed by atoms with E-state index in [9.17, 15) is 4.79 Å². The van der Waals surface area contributed by atoms with E-state index < -0.39 is 0 Å². The molecule has 0 unspecified atom stereocenters. The summed E-state index contributed by atoms with van der Waals surface area (Å²) in [6, 6.07) is 6.20. The molecule has 6 nitrogen and oxygen atoms in total. The standard InChI is InChI=1S/C17H24N4O2/c1-13-7-15(18-23-13)11-20-9-14(8-17(22)19(2)3)10-21-6-4-5-16(21)12-20/h4-7,14H,8-12H2,1-3H3/t14-/m0/s1. The fraction of sp³-hybridized carbons (Fsp3) is 0.529. The van der Waals surface area contributed by atoms with Crippen molar-refractivity contribution in [3.63, 3.8) is 0 Å². The van der Waals surface area contributed by atoms with Crippen LogP contribution in [0.3, 0.4) is 0 Å². The van der Waals surface area contributed by atoms with Crippen molar-refractivity contribution in [2.45, 2.75) is 33.0 Å². The van der Waals surface area contributed by atoms with E-state index in [1.165, 1.54) is 5.69 Å². The van der Waals surface area contributed by atoms with Gasteiger partial charge in [0.05, 0.1) is 5.69 Å². The van der Waals surface area contributed by atoms with Gasteiger partial charge in [-0.2, -0.15) is 0 Å². The van der Waals surface area contributed by atoms with Gasteiger partial charge >= 0.3 is 0 Å². The van der Waals surface area contributed by atoms with Gasteiger partial charge in [0.15, 0.2) is 0 Å². The highest BCUT2D eigenvalue weighted by Crippen LogP contribution is 2.21. The van der Waals surface area contributed by atoms with Gasteiger partial charge in [-0.3, -0.25) is 9.69 Å². The largest absolute Gasteiger partial charge is 0.361 e. The first kappa shape index (κ1) is 15.8. The first-order valence-electron chi connectivity index (χ1n) is 8.00. The second kappa shape index (κ2) is 6.58. The Morgan fingerprint density at radius 2 is 2.26 bits per heavy atom. The fourth-order valence-electron chi connectivity index (χ4n) is 3.17. The Bertz CT molecular complexity index is 674. The van der Waals surface area contributed by atoms with Gasteiger partial charge in [0.25, 0.3) is 0 Å². The number of aryl methyl sites for hydroxylation is 1. The summed E-state index contributed by atoms with van der Waals surface area (Å²) in [5.41, 5.74) is 2.23. The second-order valence-corrected chi connectivity index (χ2v) is 6.61. The van der Waals surface area contributed by atoms with Crippen LogP contribution in [0.4, 0.5) is 0 Å². The summed E-state index contributed by atoms with van der Waals surface area (Å²) >= 11 is 0. The highest BCUT2D eigenvalue weighted by Gasteiger charge is 2.24. The van der Waals surface area contributed by atoms with Crippen LogP contribution in [0, 0.1) is 12.8 Å². The molecule has 0 fully saturated rings. The molecule has 23 heavy (non-hydrogen) atoms. The van der Waals surface area contributed by atoms with Crippen LogP contribution < -0.4 is 0 Å². The summed E-state index contributed by atoms with van der Waals surface area (Å²) in [4.78, 5) is 16.1. The van der Waals surface area contributed by atoms with E-state index >= 15 is 0 Å². The van der Waals surface area contributed by atoms with E-state index in [1.54, 1.807) is 4.90 Å². The number of rotatable bonds is 4. The van der Waals surface area contributed by atoms with Gasteiger partial charge in [0.2, 0.25) is 5.91 Å². The minimum absolute atomic E-state index is 0.183. The van der Waals surface area contributed by atoms with Crippen LogP contribution in [0.2, 0.25) is 0 Å². The summed E-state index contributed by atoms with van der Waals surface area (Å²) in [5.74, 6) is 1.31. The van der Waals surface area contributed by atoms with E-state index in [-0.39, 0.29) is 5.91 Å². The number of amides is 1. The van der Waals surface area contributed by atoms with Gasteiger partial charge < -0.3 is 14.0 Å². The first-order chi connectivity index (χ1) is 11.0. The van der Waals surface area contributed by atoms with Gasteiger partial charge in [-0.1, -0.05) is 5.16 Å². The van der Waals surface area contributed by atoms with E-state index in [2.05, 4.69) is 33.0 Å². The molecule has 1 aliphatic rings. The summed E-state index contributed by atoms with van der Waals surface area (Å²) < 4.78 is 7.44. The summed E-state index contributed by atoms with van der Waals surface area (Å²) in [7, 11) is 3.63. The van der Waals surface area contributed by atoms with Crippen molar-refractivity contribution in [2.75, 3.05) is 20.6 Å². The third-order valence-electron chi connectivity index (χ3n) is 4.30. The van der Waals surface area contributed by atoms with Crippen LogP contribution in [0.5, 0.6) is 0 Å². The molecule has 1 atom stereocenters. The normalized spacial score (nSPS) is 18.5. The molecule has 3 heterocycles. The van der Waals surface area contributed by atoms with Gasteiger partial charge in [-0.15, -0.1) is 0 Å². The van der Waals surface area contributed by atoms with E-state index in [4.69, 9.17) is 4.52 Å². The quantitative estimate of drug-likeness (QED) is 0.864. The van der Waals surface area contributed by atoms with Gasteiger partial charge in [-0.25, -0.2) is 0 Å². The Morgan fingerprint density at radius 3 is 2.96 bits per heavy atom. The number of carbonyl (C=O) groups is 1. The van der Waals surface area contributed by atoms with Crippen molar-refractivity contribution in [3.8, 4) is 0 Å². The monoisotopic (exact) mass is 316 g/mol. The lowest BCUT2D eigenvalue weighted by Gasteiger charge is -2.23. The number of nitrogens with zero attached hydrogens (tertiary/aromatic N) is 4. The van der Waals surface area contributed by atoms with Gasteiger partial charge in [0, 0.05) is 64.7 Å². The van der Waals surface area contributed by atoms with Crippen LogP contribution in [0.25, 0.3) is 0 Å². The Labute approximate surface area is 136 Å². The molecular formula is C17H24N4O2. The Morgan fingerprint density at radius 1 is 1.43 bits per heavy atom. The molecule has 0 radical (unpaired) electrons. The van der Waals surface area contributed by atoms with Crippen molar-refractivity contribution in [1.82, 2.24) is 19.5 Å². The number of hydrogen-bond donors (Lipinski definition) is 0. The van der Waals surface area contributed by atoms with Gasteiger partial charge in [-0.05, 0) is 25.0 Å². The Kier molecular flexibility index (Phi) is 4.52. The molecule has 6 heteroatoms. The highest BCUT2D eigenvalue weighted by molar-refractivity contribution is 5.75. The molecule has 0 bridgehead atoms. The third-order valence-corrected chi connectivity index (χ3v) is 4.30. The molecule has 0 N–H and O–H groups in total. The zero-order valence-corrected chi connectivity index (χ0v) is 14.0. The molecule has 124 valence electrons. The summed E-state index contributed by atoms with van der Waals surface area (Å²) in [6.45, 7) is 5.28. The van der Waals surface area contributed by atoms with Crippen LogP contribution in [-0.2, 0) is 24.4 Å². The second-order valence-electron chi connectivity index (χ2n) is 6.61. The van der Waals surface area contributed by atoms with Crippen molar-refractivity contribution >= 4 is 5.91 Å². The minimum atomic E-state index is 0.183. The zero-order chi connectivity index (χ0) is 16.4. The lowest BCUT2D eigenvalue weighted by atomic mass is 10.0. The fourth-order valence-corrected chi connectivity index (χ4v) is 3.17. The maximum atomic E-state index is 12.1. The Balaban J connectivity index is 1.75. The maximum absolute atomic E-state index is 12.1. The molecule has 1 amide bonds. The van der Waals surface area contributed by atoms with Crippen LogP contribution in [0.15, 0.2) is 28.9 Å². The molecule has 0 saturated carbocycles. The molecule has 2 aromatic rings. The molecule has 2 aromatic heterocycles. The summed E-state index contributed by atoms with van der Waals surface area (Å²) in [6.07, 6.45) is 2.67.